The van der Waals surface area contributed by atoms with Gasteiger partial charge >= 0.3 is 0 Å². The minimum Gasteiger partial charge on any atom is -0.417 e. The molecule has 23 heavy (non-hydrogen) atoms. The summed E-state index contributed by atoms with van der Waals surface area (Å²) < 4.78 is 18.6. The van der Waals surface area contributed by atoms with Gasteiger partial charge in [0.25, 0.3) is 0 Å². The van der Waals surface area contributed by atoms with Crippen molar-refractivity contribution in [1.82, 2.24) is 0 Å². The van der Waals surface area contributed by atoms with E-state index in [1.807, 2.05) is 0 Å². The van der Waals surface area contributed by atoms with Crippen LogP contribution in [0.1, 0.15) is 78.6 Å². The fraction of sp³-hybridized carbons (Fsp3) is 1.00. The van der Waals surface area contributed by atoms with E-state index in [0.29, 0.717) is 11.1 Å². The van der Waals surface area contributed by atoms with Gasteiger partial charge in [0.15, 0.2) is 14.1 Å². The highest BCUT2D eigenvalue weighted by atomic mass is 28.4. The zero-order chi connectivity index (χ0) is 17.0. The normalized spacial score (nSPS) is 29.9. The fourth-order valence-electron chi connectivity index (χ4n) is 3.36. The molecule has 136 valence electrons. The summed E-state index contributed by atoms with van der Waals surface area (Å²) in [6, 6.07) is 0. The minimum atomic E-state index is -1.58. The van der Waals surface area contributed by atoms with Gasteiger partial charge in [-0.2, -0.15) is 0 Å². The van der Waals surface area contributed by atoms with Gasteiger partial charge < -0.3 is 13.9 Å². The van der Waals surface area contributed by atoms with Crippen LogP contribution in [0.3, 0.4) is 0 Å². The third-order valence-corrected chi connectivity index (χ3v) is 10.5. The molecule has 4 heteroatoms. The average molecular weight is 343 g/mol. The second kappa shape index (κ2) is 7.98. The van der Waals surface area contributed by atoms with Gasteiger partial charge in [0.1, 0.15) is 0 Å². The Labute approximate surface area is 144 Å². The minimum absolute atomic E-state index is 0.223. The lowest BCUT2D eigenvalue weighted by Crippen LogP contribution is -2.45. The monoisotopic (exact) mass is 342 g/mol. The van der Waals surface area contributed by atoms with Gasteiger partial charge in [-0.15, -0.1) is 0 Å². The molecular formula is C19H38O3Si. The number of ether oxygens (including phenoxy) is 2. The highest BCUT2D eigenvalue weighted by molar-refractivity contribution is 6.74. The molecular weight excluding hydrogens is 304 g/mol. The van der Waals surface area contributed by atoms with E-state index in [9.17, 15) is 0 Å². The molecule has 0 radical (unpaired) electrons. The van der Waals surface area contributed by atoms with Crippen LogP contribution in [0, 0.1) is 0 Å². The first-order chi connectivity index (χ1) is 10.7. The molecule has 0 bridgehead atoms. The van der Waals surface area contributed by atoms with E-state index in [4.69, 9.17) is 13.9 Å². The third-order valence-electron chi connectivity index (χ3n) is 5.97. The molecule has 0 N–H and O–H groups in total. The van der Waals surface area contributed by atoms with E-state index in [1.54, 1.807) is 0 Å². The number of rotatable bonds is 6. The summed E-state index contributed by atoms with van der Waals surface area (Å²) in [6.45, 7) is 13.4. The third kappa shape index (κ3) is 5.55. The predicted octanol–water partition coefficient (Wildman–Crippen LogP) is 5.64. The molecule has 3 nitrogen and oxygen atoms in total. The molecule has 0 unspecified atom stereocenters. The van der Waals surface area contributed by atoms with Crippen molar-refractivity contribution in [3.05, 3.63) is 0 Å². The van der Waals surface area contributed by atoms with Crippen LogP contribution in [0.25, 0.3) is 0 Å². The largest absolute Gasteiger partial charge is 0.417 e. The quantitative estimate of drug-likeness (QED) is 0.461. The topological polar surface area (TPSA) is 27.7 Å². The standard InChI is InChI=1S/C19H38O3Si/c1-18(2,3)23(4,5)21-16-8-6-11-17-12-10-14-19(22-17)13-7-9-15-20-19/h17H,6-16H2,1-5H3/t17-,19+/m1/s1. The first-order valence-electron chi connectivity index (χ1n) is 9.70. The van der Waals surface area contributed by atoms with Gasteiger partial charge in [-0.25, -0.2) is 0 Å². The first kappa shape index (κ1) is 19.4. The Morgan fingerprint density at radius 3 is 2.48 bits per heavy atom. The molecule has 0 amide bonds. The van der Waals surface area contributed by atoms with Crippen LogP contribution in [0.2, 0.25) is 18.1 Å². The molecule has 0 aromatic carbocycles. The number of unbranched alkanes of at least 4 members (excludes halogenated alkanes) is 1. The molecule has 2 aliphatic heterocycles. The van der Waals surface area contributed by atoms with Crippen LogP contribution in [-0.2, 0) is 13.9 Å². The highest BCUT2D eigenvalue weighted by Crippen LogP contribution is 2.38. The molecule has 2 heterocycles. The molecule has 0 saturated carbocycles. The Bertz CT molecular complexity index is 351. The summed E-state index contributed by atoms with van der Waals surface area (Å²) in [7, 11) is -1.58. The van der Waals surface area contributed by atoms with Gasteiger partial charge in [-0.3, -0.25) is 0 Å². The smallest absolute Gasteiger partial charge is 0.191 e. The van der Waals surface area contributed by atoms with Gasteiger partial charge in [-0.05, 0) is 63.1 Å². The Kier molecular flexibility index (Phi) is 6.74. The second-order valence-corrected chi connectivity index (χ2v) is 13.8. The summed E-state index contributed by atoms with van der Waals surface area (Å²) in [6.07, 6.45) is 11.0. The van der Waals surface area contributed by atoms with Crippen LogP contribution in [-0.4, -0.2) is 33.4 Å². The van der Waals surface area contributed by atoms with Crippen molar-refractivity contribution in [2.45, 2.75) is 109 Å². The number of hydrogen-bond donors (Lipinski definition) is 0. The zero-order valence-electron chi connectivity index (χ0n) is 16.1. The molecule has 1 spiro atoms. The molecule has 2 fully saturated rings. The highest BCUT2D eigenvalue weighted by Gasteiger charge is 2.39. The van der Waals surface area contributed by atoms with E-state index >= 15 is 0 Å². The maximum absolute atomic E-state index is 6.36. The Morgan fingerprint density at radius 2 is 1.83 bits per heavy atom. The van der Waals surface area contributed by atoms with Crippen molar-refractivity contribution >= 4 is 8.32 Å². The lowest BCUT2D eigenvalue weighted by molar-refractivity contribution is -0.295. The summed E-state index contributed by atoms with van der Waals surface area (Å²) >= 11 is 0. The van der Waals surface area contributed by atoms with E-state index < -0.39 is 8.32 Å². The van der Waals surface area contributed by atoms with Gasteiger partial charge in [0.05, 0.1) is 12.7 Å². The number of hydrogen-bond acceptors (Lipinski definition) is 3. The second-order valence-electron chi connectivity index (χ2n) is 8.95. The molecule has 0 aromatic heterocycles. The Hall–Kier alpha value is 0.0969. The van der Waals surface area contributed by atoms with Gasteiger partial charge in [-0.1, -0.05) is 20.8 Å². The van der Waals surface area contributed by atoms with Crippen molar-refractivity contribution in [3.63, 3.8) is 0 Å². The van der Waals surface area contributed by atoms with Crippen LogP contribution in [0.5, 0.6) is 0 Å². The first-order valence-corrected chi connectivity index (χ1v) is 12.6. The Morgan fingerprint density at radius 1 is 1.09 bits per heavy atom. The molecule has 2 aliphatic rings. The predicted molar refractivity (Wildman–Crippen MR) is 98.3 cm³/mol. The average Bonchev–Trinajstić information content (AvgIpc) is 2.46. The molecule has 0 aliphatic carbocycles. The van der Waals surface area contributed by atoms with E-state index in [-0.39, 0.29) is 5.79 Å². The van der Waals surface area contributed by atoms with Crippen LogP contribution in [0.4, 0.5) is 0 Å². The maximum Gasteiger partial charge on any atom is 0.191 e. The fourth-order valence-corrected chi connectivity index (χ4v) is 4.45. The van der Waals surface area contributed by atoms with Gasteiger partial charge in [0, 0.05) is 19.4 Å². The van der Waals surface area contributed by atoms with Crippen molar-refractivity contribution in [2.75, 3.05) is 13.2 Å². The van der Waals surface area contributed by atoms with Crippen molar-refractivity contribution in [1.29, 1.82) is 0 Å². The van der Waals surface area contributed by atoms with Crippen LogP contribution >= 0.6 is 0 Å². The van der Waals surface area contributed by atoms with Crippen molar-refractivity contribution in [2.24, 2.45) is 0 Å². The summed E-state index contributed by atoms with van der Waals surface area (Å²) in [5, 5.41) is 0.310. The molecule has 2 rings (SSSR count). The lowest BCUT2D eigenvalue weighted by Gasteiger charge is -2.43. The van der Waals surface area contributed by atoms with Crippen LogP contribution in [0.15, 0.2) is 0 Å². The SMILES string of the molecule is CC(C)(C)[Si](C)(C)OCCCC[C@@H]1CCC[C@]2(CCCCO2)O1. The molecule has 2 atom stereocenters. The van der Waals surface area contributed by atoms with Crippen LogP contribution < -0.4 is 0 Å². The van der Waals surface area contributed by atoms with E-state index in [1.165, 1.54) is 32.1 Å². The molecule has 2 saturated heterocycles. The summed E-state index contributed by atoms with van der Waals surface area (Å²) in [4.78, 5) is 0. The maximum atomic E-state index is 6.36. The van der Waals surface area contributed by atoms with Gasteiger partial charge in [0.2, 0.25) is 0 Å². The lowest BCUT2D eigenvalue weighted by atomic mass is 9.93. The van der Waals surface area contributed by atoms with E-state index in [0.717, 1.165) is 38.9 Å². The van der Waals surface area contributed by atoms with Crippen molar-refractivity contribution in [3.8, 4) is 0 Å². The Balaban J connectivity index is 1.64. The molecule has 0 aromatic rings. The van der Waals surface area contributed by atoms with E-state index in [2.05, 4.69) is 33.9 Å². The zero-order valence-corrected chi connectivity index (χ0v) is 17.1. The summed E-state index contributed by atoms with van der Waals surface area (Å²) in [5.41, 5.74) is 0. The van der Waals surface area contributed by atoms with Crippen molar-refractivity contribution < 1.29 is 13.9 Å². The summed E-state index contributed by atoms with van der Waals surface area (Å²) in [5.74, 6) is -0.223.